The normalized spacial score (nSPS) is 22.3. The highest BCUT2D eigenvalue weighted by Crippen LogP contribution is 2.34. The third-order valence-corrected chi connectivity index (χ3v) is 3.90. The van der Waals surface area contributed by atoms with E-state index in [4.69, 9.17) is 4.52 Å². The summed E-state index contributed by atoms with van der Waals surface area (Å²) in [6.45, 7) is 5.23. The van der Waals surface area contributed by atoms with E-state index in [0.29, 0.717) is 11.7 Å². The molecule has 0 bridgehead atoms. The maximum atomic E-state index is 5.54. The number of aryl methyl sites for hydroxylation is 1. The number of aromatic nitrogens is 3. The van der Waals surface area contributed by atoms with E-state index in [0.717, 1.165) is 43.5 Å². The van der Waals surface area contributed by atoms with Gasteiger partial charge in [0.2, 0.25) is 11.7 Å². The van der Waals surface area contributed by atoms with Crippen molar-refractivity contribution in [1.29, 1.82) is 0 Å². The van der Waals surface area contributed by atoms with E-state index in [1.54, 1.807) is 6.20 Å². The highest BCUT2D eigenvalue weighted by Gasteiger charge is 2.39. The first-order valence-corrected chi connectivity index (χ1v) is 7.26. The summed E-state index contributed by atoms with van der Waals surface area (Å²) in [6, 6.07) is 3.94. The molecule has 1 fully saturated rings. The molecule has 3 heterocycles. The molecule has 2 aromatic rings. The third kappa shape index (κ3) is 2.33. The van der Waals surface area contributed by atoms with Crippen molar-refractivity contribution in [3.05, 3.63) is 29.8 Å². The maximum Gasteiger partial charge on any atom is 0.247 e. The zero-order valence-corrected chi connectivity index (χ0v) is 12.0. The SMILES string of the molecule is CCCC1(c2nc(-c3cc(C)ccn3)no2)CCCN1. The van der Waals surface area contributed by atoms with E-state index in [1.165, 1.54) is 0 Å². The molecular formula is C15H20N4O. The van der Waals surface area contributed by atoms with Crippen molar-refractivity contribution in [2.24, 2.45) is 0 Å². The number of nitrogens with zero attached hydrogens (tertiary/aromatic N) is 3. The summed E-state index contributed by atoms with van der Waals surface area (Å²) >= 11 is 0. The van der Waals surface area contributed by atoms with Gasteiger partial charge >= 0.3 is 0 Å². The van der Waals surface area contributed by atoms with Gasteiger partial charge < -0.3 is 9.84 Å². The lowest BCUT2D eigenvalue weighted by atomic mass is 9.92. The van der Waals surface area contributed by atoms with Crippen LogP contribution < -0.4 is 5.32 Å². The zero-order valence-electron chi connectivity index (χ0n) is 12.0. The van der Waals surface area contributed by atoms with Gasteiger partial charge in [0.25, 0.3) is 0 Å². The topological polar surface area (TPSA) is 63.8 Å². The Labute approximate surface area is 118 Å². The van der Waals surface area contributed by atoms with Crippen molar-refractivity contribution < 1.29 is 4.52 Å². The number of hydrogen-bond acceptors (Lipinski definition) is 5. The number of rotatable bonds is 4. The minimum absolute atomic E-state index is 0.135. The summed E-state index contributed by atoms with van der Waals surface area (Å²) < 4.78 is 5.54. The van der Waals surface area contributed by atoms with E-state index in [9.17, 15) is 0 Å². The molecule has 20 heavy (non-hydrogen) atoms. The molecule has 1 aliphatic rings. The van der Waals surface area contributed by atoms with Crippen LogP contribution in [0.4, 0.5) is 0 Å². The van der Waals surface area contributed by atoms with E-state index < -0.39 is 0 Å². The van der Waals surface area contributed by atoms with Crippen LogP contribution in [0.25, 0.3) is 11.5 Å². The first kappa shape index (κ1) is 13.2. The lowest BCUT2D eigenvalue weighted by Gasteiger charge is -2.24. The van der Waals surface area contributed by atoms with Crippen LogP contribution in [0.3, 0.4) is 0 Å². The van der Waals surface area contributed by atoms with Gasteiger partial charge in [-0.15, -0.1) is 0 Å². The van der Waals surface area contributed by atoms with E-state index in [1.807, 2.05) is 19.1 Å². The van der Waals surface area contributed by atoms with Crippen molar-refractivity contribution in [2.75, 3.05) is 6.54 Å². The molecule has 1 atom stereocenters. The molecule has 0 saturated carbocycles. The molecule has 0 spiro atoms. The fraction of sp³-hybridized carbons (Fsp3) is 0.533. The van der Waals surface area contributed by atoms with Gasteiger partial charge in [-0.05, 0) is 50.4 Å². The Kier molecular flexibility index (Phi) is 3.53. The Hall–Kier alpha value is -1.75. The first-order chi connectivity index (χ1) is 9.73. The predicted octanol–water partition coefficient (Wildman–Crippen LogP) is 2.82. The minimum Gasteiger partial charge on any atom is -0.337 e. The number of pyridine rings is 1. The van der Waals surface area contributed by atoms with Crippen LogP contribution in [0.5, 0.6) is 0 Å². The Morgan fingerprint density at radius 1 is 1.45 bits per heavy atom. The lowest BCUT2D eigenvalue weighted by Crippen LogP contribution is -2.36. The van der Waals surface area contributed by atoms with E-state index in [-0.39, 0.29) is 5.54 Å². The van der Waals surface area contributed by atoms with Gasteiger partial charge in [-0.3, -0.25) is 4.98 Å². The molecule has 106 valence electrons. The molecule has 0 amide bonds. The molecule has 0 radical (unpaired) electrons. The second-order valence-corrected chi connectivity index (χ2v) is 5.50. The molecule has 1 N–H and O–H groups in total. The van der Waals surface area contributed by atoms with Gasteiger partial charge in [0.15, 0.2) is 0 Å². The third-order valence-electron chi connectivity index (χ3n) is 3.90. The van der Waals surface area contributed by atoms with Gasteiger partial charge in [0, 0.05) is 6.20 Å². The van der Waals surface area contributed by atoms with Crippen molar-refractivity contribution in [1.82, 2.24) is 20.4 Å². The molecule has 1 aliphatic heterocycles. The summed E-state index contributed by atoms with van der Waals surface area (Å²) in [5.41, 5.74) is 1.78. The molecule has 5 heteroatoms. The molecule has 0 aliphatic carbocycles. The van der Waals surface area contributed by atoms with Gasteiger partial charge in [-0.1, -0.05) is 18.5 Å². The standard InChI is InChI=1S/C15H20N4O/c1-3-6-15(7-4-8-17-15)14-18-13(19-20-14)12-10-11(2)5-9-16-12/h5,9-10,17H,3-4,6-8H2,1-2H3. The van der Waals surface area contributed by atoms with Crippen LogP contribution in [0.15, 0.2) is 22.9 Å². The summed E-state index contributed by atoms with van der Waals surface area (Å²) in [7, 11) is 0. The Morgan fingerprint density at radius 3 is 3.05 bits per heavy atom. The van der Waals surface area contributed by atoms with Crippen LogP contribution in [0, 0.1) is 6.92 Å². The molecule has 5 nitrogen and oxygen atoms in total. The smallest absolute Gasteiger partial charge is 0.247 e. The number of hydrogen-bond donors (Lipinski definition) is 1. The quantitative estimate of drug-likeness (QED) is 0.927. The fourth-order valence-corrected chi connectivity index (χ4v) is 2.92. The molecule has 0 aromatic carbocycles. The van der Waals surface area contributed by atoms with E-state index in [2.05, 4.69) is 27.4 Å². The first-order valence-electron chi connectivity index (χ1n) is 7.26. The van der Waals surface area contributed by atoms with Gasteiger partial charge in [-0.2, -0.15) is 4.98 Å². The average molecular weight is 272 g/mol. The van der Waals surface area contributed by atoms with Crippen LogP contribution in [-0.4, -0.2) is 21.7 Å². The Morgan fingerprint density at radius 2 is 2.35 bits per heavy atom. The highest BCUT2D eigenvalue weighted by atomic mass is 16.5. The fourth-order valence-electron chi connectivity index (χ4n) is 2.92. The molecule has 1 unspecified atom stereocenters. The van der Waals surface area contributed by atoms with Crippen LogP contribution in [0.2, 0.25) is 0 Å². The average Bonchev–Trinajstić information content (AvgIpc) is 3.08. The maximum absolute atomic E-state index is 5.54. The van der Waals surface area contributed by atoms with Crippen LogP contribution in [-0.2, 0) is 5.54 Å². The summed E-state index contributed by atoms with van der Waals surface area (Å²) in [5, 5.41) is 7.66. The molecule has 2 aromatic heterocycles. The van der Waals surface area contributed by atoms with Crippen molar-refractivity contribution in [2.45, 2.75) is 45.1 Å². The Bertz CT molecular complexity index is 587. The second kappa shape index (κ2) is 5.32. The molecule has 3 rings (SSSR count). The largest absolute Gasteiger partial charge is 0.337 e. The zero-order chi connectivity index (χ0) is 14.0. The van der Waals surface area contributed by atoms with E-state index >= 15 is 0 Å². The number of nitrogens with one attached hydrogen (secondary N) is 1. The Balaban J connectivity index is 1.93. The summed E-state index contributed by atoms with van der Waals surface area (Å²) in [5.74, 6) is 1.28. The summed E-state index contributed by atoms with van der Waals surface area (Å²) in [6.07, 6.45) is 6.10. The lowest BCUT2D eigenvalue weighted by molar-refractivity contribution is 0.241. The van der Waals surface area contributed by atoms with Crippen molar-refractivity contribution >= 4 is 0 Å². The minimum atomic E-state index is -0.135. The van der Waals surface area contributed by atoms with Crippen LogP contribution >= 0.6 is 0 Å². The van der Waals surface area contributed by atoms with Gasteiger partial charge in [0.1, 0.15) is 5.69 Å². The second-order valence-electron chi connectivity index (χ2n) is 5.50. The predicted molar refractivity (Wildman–Crippen MR) is 76.1 cm³/mol. The van der Waals surface area contributed by atoms with Gasteiger partial charge in [0.05, 0.1) is 5.54 Å². The van der Waals surface area contributed by atoms with Crippen molar-refractivity contribution in [3.8, 4) is 11.5 Å². The molecular weight excluding hydrogens is 252 g/mol. The molecule has 1 saturated heterocycles. The summed E-state index contributed by atoms with van der Waals surface area (Å²) in [4.78, 5) is 8.90. The van der Waals surface area contributed by atoms with Gasteiger partial charge in [-0.25, -0.2) is 0 Å². The van der Waals surface area contributed by atoms with Crippen LogP contribution in [0.1, 0.15) is 44.1 Å². The monoisotopic (exact) mass is 272 g/mol. The highest BCUT2D eigenvalue weighted by molar-refractivity contribution is 5.49. The van der Waals surface area contributed by atoms with Crippen molar-refractivity contribution in [3.63, 3.8) is 0 Å².